The lowest BCUT2D eigenvalue weighted by molar-refractivity contribution is -0.139. The van der Waals surface area contributed by atoms with Crippen molar-refractivity contribution in [1.29, 1.82) is 0 Å². The Morgan fingerprint density at radius 3 is 2.60 bits per heavy atom. The number of hydrogen-bond donors (Lipinski definition) is 3. The summed E-state index contributed by atoms with van der Waals surface area (Å²) in [6.07, 6.45) is 14.0. The Bertz CT molecular complexity index is 1110. The van der Waals surface area contributed by atoms with Crippen LogP contribution in [0.1, 0.15) is 92.4 Å². The van der Waals surface area contributed by atoms with Crippen LogP contribution in [-0.4, -0.2) is 58.3 Å². The Hall–Kier alpha value is -2.19. The van der Waals surface area contributed by atoms with Gasteiger partial charge in [-0.15, -0.1) is 0 Å². The van der Waals surface area contributed by atoms with E-state index in [0.29, 0.717) is 42.9 Å². The lowest BCUT2D eigenvalue weighted by Crippen LogP contribution is -2.53. The van der Waals surface area contributed by atoms with Crippen molar-refractivity contribution in [3.63, 3.8) is 0 Å². The molecule has 0 bridgehead atoms. The van der Waals surface area contributed by atoms with Gasteiger partial charge in [0.25, 0.3) is 5.91 Å². The molecule has 0 radical (unpaired) electrons. The second kappa shape index (κ2) is 10.6. The van der Waals surface area contributed by atoms with Gasteiger partial charge in [0, 0.05) is 18.1 Å². The highest BCUT2D eigenvalue weighted by Gasteiger charge is 2.62. The highest BCUT2D eigenvalue weighted by Crippen LogP contribution is 2.66. The van der Waals surface area contributed by atoms with E-state index < -0.39 is 17.6 Å². The first-order valence-electron chi connectivity index (χ1n) is 15.2. The number of carbonyl (C=O) groups is 2. The normalized spacial score (nSPS) is 41.8. The van der Waals surface area contributed by atoms with Crippen molar-refractivity contribution in [3.05, 3.63) is 23.8 Å². The summed E-state index contributed by atoms with van der Waals surface area (Å²) in [5, 5.41) is 27.7. The van der Waals surface area contributed by atoms with Crippen molar-refractivity contribution in [1.82, 2.24) is 5.32 Å². The van der Waals surface area contributed by atoms with Gasteiger partial charge in [0.2, 0.25) is 0 Å². The molecule has 3 saturated carbocycles. The molecule has 5 rings (SSSR count). The quantitative estimate of drug-likeness (QED) is 0.380. The summed E-state index contributed by atoms with van der Waals surface area (Å²) in [6.45, 7) is 11.0. The number of carboxylic acid groups (broad SMARTS) is 1. The number of carbonyl (C=O) groups excluding carboxylic acids is 1. The van der Waals surface area contributed by atoms with Crippen LogP contribution in [0, 0.1) is 34.5 Å². The number of hydrogen-bond acceptors (Lipinski definition) is 6. The third-order valence-electron chi connectivity index (χ3n) is 11.5. The molecule has 222 valence electrons. The van der Waals surface area contributed by atoms with Crippen molar-refractivity contribution in [2.75, 3.05) is 13.2 Å². The number of amides is 1. The molecule has 5 aliphatic rings. The summed E-state index contributed by atoms with van der Waals surface area (Å²) in [7, 11) is 0. The highest BCUT2D eigenvalue weighted by atomic mass is 16.6. The molecular formula is C32H48N2O6. The van der Waals surface area contributed by atoms with Crippen LogP contribution in [0.15, 0.2) is 29.0 Å². The van der Waals surface area contributed by atoms with E-state index in [2.05, 4.69) is 36.5 Å². The third-order valence-corrected chi connectivity index (χ3v) is 11.5. The fraction of sp³-hybridized carbons (Fsp3) is 0.781. The minimum absolute atomic E-state index is 0.00952. The number of aliphatic hydroxyl groups is 1. The zero-order valence-electron chi connectivity index (χ0n) is 24.9. The van der Waals surface area contributed by atoms with E-state index in [9.17, 15) is 19.8 Å². The molecule has 8 heteroatoms. The molecular weight excluding hydrogens is 508 g/mol. The molecule has 1 heterocycles. The molecule has 0 unspecified atom stereocenters. The average molecular weight is 557 g/mol. The number of ether oxygens (including phenoxy) is 1. The Balaban J connectivity index is 1.19. The second-order valence-corrected chi connectivity index (χ2v) is 14.4. The van der Waals surface area contributed by atoms with E-state index in [0.717, 1.165) is 38.5 Å². The molecule has 0 aromatic rings. The van der Waals surface area contributed by atoms with Crippen molar-refractivity contribution in [2.45, 2.75) is 110 Å². The molecule has 8 nitrogen and oxygen atoms in total. The molecule has 8 atom stereocenters. The molecule has 0 aromatic carbocycles. The van der Waals surface area contributed by atoms with Crippen molar-refractivity contribution < 1.29 is 29.4 Å². The smallest absolute Gasteiger partial charge is 0.305 e. The number of nitrogens with one attached hydrogen (secondary N) is 1. The summed E-state index contributed by atoms with van der Waals surface area (Å²) in [6, 6.07) is -0.474. The number of nitrogens with zero attached hydrogens (tertiary/aromatic N) is 1. The molecule has 40 heavy (non-hydrogen) atoms. The number of aliphatic carboxylic acids is 1. The van der Waals surface area contributed by atoms with Gasteiger partial charge >= 0.3 is 5.97 Å². The minimum atomic E-state index is -0.937. The Morgan fingerprint density at radius 2 is 1.88 bits per heavy atom. The van der Waals surface area contributed by atoms with Crippen LogP contribution in [0.3, 0.4) is 0 Å². The fourth-order valence-corrected chi connectivity index (χ4v) is 9.07. The maximum Gasteiger partial charge on any atom is 0.305 e. The zero-order valence-corrected chi connectivity index (χ0v) is 24.9. The summed E-state index contributed by atoms with van der Waals surface area (Å²) < 4.78 is 5.77. The lowest BCUT2D eigenvalue weighted by Gasteiger charge is -2.58. The molecule has 3 N–H and O–H groups in total. The van der Waals surface area contributed by atoms with Gasteiger partial charge in [-0.2, -0.15) is 0 Å². The first-order valence-corrected chi connectivity index (χ1v) is 15.2. The number of oxime groups is 1. The van der Waals surface area contributed by atoms with Crippen LogP contribution >= 0.6 is 0 Å². The summed E-state index contributed by atoms with van der Waals surface area (Å²) in [4.78, 5) is 29.6. The molecule has 4 fully saturated rings. The van der Waals surface area contributed by atoms with Gasteiger partial charge in [0.1, 0.15) is 5.71 Å². The second-order valence-electron chi connectivity index (χ2n) is 14.4. The number of carboxylic acids is 1. The van der Waals surface area contributed by atoms with Gasteiger partial charge in [0.05, 0.1) is 17.6 Å². The van der Waals surface area contributed by atoms with Crippen molar-refractivity contribution in [3.8, 4) is 0 Å². The van der Waals surface area contributed by atoms with E-state index >= 15 is 0 Å². The Labute approximate surface area is 238 Å². The van der Waals surface area contributed by atoms with E-state index in [-0.39, 0.29) is 41.3 Å². The van der Waals surface area contributed by atoms with Crippen LogP contribution in [-0.2, 0) is 19.2 Å². The van der Waals surface area contributed by atoms with Crippen molar-refractivity contribution >= 4 is 17.6 Å². The minimum Gasteiger partial charge on any atom is -0.481 e. The standard InChI is InChI=1S/C32H48N2O6/c1-29(2)18-20(11-15-39-29)26(17-28(36)37)33-27(35)19-40-34-22-8-12-30(3)21(16-22)6-7-23-24(30)9-13-31(4)25(23)10-14-32(31,5)38/h8,12,16,20,23-26,38H,6-7,9-11,13-15,17-19H2,1-5H3,(H,33,35)(H,36,37)/b34-22+/t20-,23+,24-,25+,26+,30+,31+,32+/m1/s1. The van der Waals surface area contributed by atoms with Gasteiger partial charge < -0.3 is 25.1 Å². The van der Waals surface area contributed by atoms with Gasteiger partial charge in [0.15, 0.2) is 6.61 Å². The summed E-state index contributed by atoms with van der Waals surface area (Å²) in [5.74, 6) is 0.483. The highest BCUT2D eigenvalue weighted by molar-refractivity contribution is 6.05. The van der Waals surface area contributed by atoms with E-state index in [4.69, 9.17) is 9.57 Å². The molecule has 4 aliphatic carbocycles. The third kappa shape index (κ3) is 5.38. The number of rotatable bonds is 7. The van der Waals surface area contributed by atoms with Gasteiger partial charge in [-0.1, -0.05) is 30.7 Å². The van der Waals surface area contributed by atoms with E-state index in [1.165, 1.54) is 5.57 Å². The Kier molecular flexibility index (Phi) is 7.75. The van der Waals surface area contributed by atoms with E-state index in [1.54, 1.807) is 0 Å². The van der Waals surface area contributed by atoms with Crippen LogP contribution in [0.25, 0.3) is 0 Å². The molecule has 1 aliphatic heterocycles. The van der Waals surface area contributed by atoms with Gasteiger partial charge in [-0.25, -0.2) is 0 Å². The van der Waals surface area contributed by atoms with E-state index in [1.807, 2.05) is 26.8 Å². The summed E-state index contributed by atoms with van der Waals surface area (Å²) >= 11 is 0. The molecule has 1 amide bonds. The SMILES string of the molecule is CC1(C)C[C@H]([C@H](CC(=O)O)NC(=O)CO/N=C2\C=C[C@@]3(C)C(=C2)CC[C@H]2[C@H]3CC[C@@]3(C)[C@H]2CC[C@]3(C)O)CCO1. The van der Waals surface area contributed by atoms with Crippen molar-refractivity contribution in [2.24, 2.45) is 39.7 Å². The maximum absolute atomic E-state index is 12.7. The van der Waals surface area contributed by atoms with Crippen LogP contribution in [0.4, 0.5) is 0 Å². The predicted octanol–water partition coefficient (Wildman–Crippen LogP) is 5.01. The molecule has 1 saturated heterocycles. The Morgan fingerprint density at radius 1 is 1.12 bits per heavy atom. The molecule has 0 spiro atoms. The van der Waals surface area contributed by atoms with Crippen LogP contribution < -0.4 is 5.32 Å². The maximum atomic E-state index is 12.7. The number of allylic oxidation sites excluding steroid dienone is 4. The monoisotopic (exact) mass is 556 g/mol. The first-order chi connectivity index (χ1) is 18.7. The lowest BCUT2D eigenvalue weighted by atomic mass is 9.47. The van der Waals surface area contributed by atoms with Gasteiger partial charge in [-0.05, 0) is 113 Å². The van der Waals surface area contributed by atoms with Crippen LogP contribution in [0.2, 0.25) is 0 Å². The average Bonchev–Trinajstić information content (AvgIpc) is 3.11. The summed E-state index contributed by atoms with van der Waals surface area (Å²) in [5.41, 5.74) is 1.17. The number of fused-ring (bicyclic) bond motifs is 5. The largest absolute Gasteiger partial charge is 0.481 e. The molecule has 0 aromatic heterocycles. The topological polar surface area (TPSA) is 117 Å². The predicted molar refractivity (Wildman–Crippen MR) is 153 cm³/mol. The first kappa shape index (κ1) is 29.3. The fourth-order valence-electron chi connectivity index (χ4n) is 9.07. The zero-order chi connectivity index (χ0) is 28.9. The van der Waals surface area contributed by atoms with Gasteiger partial charge in [-0.3, -0.25) is 9.59 Å². The van der Waals surface area contributed by atoms with Crippen LogP contribution in [0.5, 0.6) is 0 Å².